The van der Waals surface area contributed by atoms with Crippen LogP contribution in [-0.2, 0) is 4.79 Å². The summed E-state index contributed by atoms with van der Waals surface area (Å²) >= 11 is 1.61. The smallest absolute Gasteiger partial charge is 0.223 e. The molecule has 1 saturated carbocycles. The van der Waals surface area contributed by atoms with Crippen LogP contribution in [0.25, 0.3) is 0 Å². The molecule has 0 N–H and O–H groups in total. The van der Waals surface area contributed by atoms with Crippen LogP contribution in [0.3, 0.4) is 0 Å². The predicted molar refractivity (Wildman–Crippen MR) is 82.4 cm³/mol. The Kier molecular flexibility index (Phi) is 3.57. The fourth-order valence-corrected chi connectivity index (χ4v) is 5.05. The van der Waals surface area contributed by atoms with Crippen LogP contribution in [0.4, 0.5) is 5.13 Å². The van der Waals surface area contributed by atoms with Crippen LogP contribution in [0.15, 0.2) is 5.51 Å². The molecule has 0 bridgehead atoms. The van der Waals surface area contributed by atoms with Gasteiger partial charge in [0.05, 0.1) is 12.1 Å². The van der Waals surface area contributed by atoms with Crippen molar-refractivity contribution < 1.29 is 4.79 Å². The third-order valence-electron chi connectivity index (χ3n) is 5.43. The first-order chi connectivity index (χ1) is 10.3. The van der Waals surface area contributed by atoms with Crippen molar-refractivity contribution in [1.82, 2.24) is 15.1 Å². The van der Waals surface area contributed by atoms with Crippen LogP contribution in [0.2, 0.25) is 0 Å². The number of hydrogen-bond donors (Lipinski definition) is 0. The zero-order chi connectivity index (χ0) is 14.2. The molecule has 5 nitrogen and oxygen atoms in total. The summed E-state index contributed by atoms with van der Waals surface area (Å²) in [5.74, 6) is 1.05. The van der Waals surface area contributed by atoms with Gasteiger partial charge in [0.15, 0.2) is 0 Å². The van der Waals surface area contributed by atoms with Gasteiger partial charge in [-0.25, -0.2) is 0 Å². The third-order valence-corrected chi connectivity index (χ3v) is 6.16. The lowest BCUT2D eigenvalue weighted by atomic mass is 10.0. The van der Waals surface area contributed by atoms with Gasteiger partial charge in [-0.3, -0.25) is 4.79 Å². The van der Waals surface area contributed by atoms with E-state index in [1.807, 2.05) is 0 Å². The molecular weight excluding hydrogens is 284 g/mol. The molecule has 1 aromatic heterocycles. The normalized spacial score (nSPS) is 29.3. The summed E-state index contributed by atoms with van der Waals surface area (Å²) in [6.45, 7) is 1.94. The van der Waals surface area contributed by atoms with Crippen LogP contribution in [0.5, 0.6) is 0 Å². The summed E-state index contributed by atoms with van der Waals surface area (Å²) in [7, 11) is 0. The van der Waals surface area contributed by atoms with Crippen LogP contribution in [-0.4, -0.2) is 46.2 Å². The Morgan fingerprint density at radius 1 is 1.19 bits per heavy atom. The Balaban J connectivity index is 1.42. The van der Waals surface area contributed by atoms with Gasteiger partial charge in [0.25, 0.3) is 0 Å². The first-order valence-electron chi connectivity index (χ1n) is 8.15. The highest BCUT2D eigenvalue weighted by Gasteiger charge is 2.45. The maximum absolute atomic E-state index is 12.6. The number of rotatable bonds is 3. The lowest BCUT2D eigenvalue weighted by Gasteiger charge is -2.26. The Hall–Kier alpha value is -1.17. The average molecular weight is 306 g/mol. The van der Waals surface area contributed by atoms with Gasteiger partial charge in [0.1, 0.15) is 5.51 Å². The number of hydrogen-bond acceptors (Lipinski definition) is 5. The number of likely N-dealkylation sites (tertiary alicyclic amines) is 1. The summed E-state index contributed by atoms with van der Waals surface area (Å²) in [4.78, 5) is 17.2. The van der Waals surface area contributed by atoms with Gasteiger partial charge in [-0.2, -0.15) is 0 Å². The van der Waals surface area contributed by atoms with Gasteiger partial charge in [0, 0.05) is 19.5 Å². The minimum absolute atomic E-state index is 0.397. The number of fused-ring (bicyclic) bond motifs is 1. The van der Waals surface area contributed by atoms with Crippen LogP contribution in [0, 0.1) is 5.92 Å². The van der Waals surface area contributed by atoms with E-state index < -0.39 is 0 Å². The van der Waals surface area contributed by atoms with E-state index in [9.17, 15) is 4.79 Å². The highest BCUT2D eigenvalue weighted by atomic mass is 32.1. The summed E-state index contributed by atoms with van der Waals surface area (Å²) in [6.07, 6.45) is 8.09. The quantitative estimate of drug-likeness (QED) is 0.860. The van der Waals surface area contributed by atoms with E-state index in [2.05, 4.69) is 20.0 Å². The molecule has 0 unspecified atom stereocenters. The molecule has 0 radical (unpaired) electrons. The molecular formula is C15H22N4OS. The fourth-order valence-electron chi connectivity index (χ4n) is 4.40. The molecule has 3 fully saturated rings. The summed E-state index contributed by atoms with van der Waals surface area (Å²) < 4.78 is 0. The Morgan fingerprint density at radius 2 is 2.00 bits per heavy atom. The number of nitrogens with zero attached hydrogens (tertiary/aromatic N) is 4. The second kappa shape index (κ2) is 5.55. The van der Waals surface area contributed by atoms with E-state index in [0.717, 1.165) is 37.5 Å². The van der Waals surface area contributed by atoms with Crippen molar-refractivity contribution in [3.05, 3.63) is 5.51 Å². The summed E-state index contributed by atoms with van der Waals surface area (Å²) in [6, 6.07) is 0.869. The molecule has 6 heteroatoms. The van der Waals surface area contributed by atoms with Crippen LogP contribution in [0.1, 0.15) is 44.9 Å². The lowest BCUT2D eigenvalue weighted by Crippen LogP contribution is -2.40. The lowest BCUT2D eigenvalue weighted by molar-refractivity contribution is -0.132. The van der Waals surface area contributed by atoms with Crippen molar-refractivity contribution in [2.75, 3.05) is 18.0 Å². The molecule has 2 atom stereocenters. The fraction of sp³-hybridized carbons (Fsp3) is 0.800. The molecule has 1 aliphatic carbocycles. The van der Waals surface area contributed by atoms with Gasteiger partial charge < -0.3 is 9.80 Å². The highest BCUT2D eigenvalue weighted by Crippen LogP contribution is 2.37. The van der Waals surface area contributed by atoms with E-state index in [4.69, 9.17) is 0 Å². The highest BCUT2D eigenvalue weighted by molar-refractivity contribution is 7.13. The van der Waals surface area contributed by atoms with Crippen molar-refractivity contribution in [3.63, 3.8) is 0 Å². The summed E-state index contributed by atoms with van der Waals surface area (Å²) in [5, 5.41) is 9.17. The van der Waals surface area contributed by atoms with Gasteiger partial charge in [-0.15, -0.1) is 10.2 Å². The van der Waals surface area contributed by atoms with E-state index in [1.54, 1.807) is 16.8 Å². The standard InChI is InChI=1S/C15H22N4OS/c20-14(9-11-3-1-2-4-11)18-7-5-13-12(18)6-8-19(13)15-17-16-10-21-15/h10-13H,1-9H2/t12-,13+/m0/s1. The van der Waals surface area contributed by atoms with Crippen LogP contribution < -0.4 is 4.90 Å². The first-order valence-corrected chi connectivity index (χ1v) is 9.03. The number of carbonyl (C=O) groups excluding carboxylic acids is 1. The van der Waals surface area contributed by atoms with E-state index >= 15 is 0 Å². The Labute approximate surface area is 129 Å². The molecule has 114 valence electrons. The number of anilines is 1. The molecule has 3 aliphatic rings. The number of amides is 1. The molecule has 1 amide bonds. The predicted octanol–water partition coefficient (Wildman–Crippen LogP) is 2.30. The molecule has 0 spiro atoms. The van der Waals surface area contributed by atoms with Gasteiger partial charge >= 0.3 is 0 Å². The van der Waals surface area contributed by atoms with Crippen LogP contribution >= 0.6 is 11.3 Å². The average Bonchev–Trinajstić information content (AvgIpc) is 3.24. The minimum atomic E-state index is 0.397. The largest absolute Gasteiger partial charge is 0.341 e. The van der Waals surface area contributed by atoms with Crippen molar-refractivity contribution in [3.8, 4) is 0 Å². The molecule has 1 aromatic rings. The van der Waals surface area contributed by atoms with Gasteiger partial charge in [-0.1, -0.05) is 24.2 Å². The van der Waals surface area contributed by atoms with Crippen molar-refractivity contribution in [2.24, 2.45) is 5.92 Å². The van der Waals surface area contributed by atoms with Crippen molar-refractivity contribution in [2.45, 2.75) is 57.0 Å². The van der Waals surface area contributed by atoms with E-state index in [1.165, 1.54) is 25.7 Å². The Morgan fingerprint density at radius 3 is 2.76 bits per heavy atom. The van der Waals surface area contributed by atoms with Gasteiger partial charge in [-0.05, 0) is 31.6 Å². The van der Waals surface area contributed by atoms with Crippen molar-refractivity contribution in [1.29, 1.82) is 0 Å². The topological polar surface area (TPSA) is 49.3 Å². The molecule has 21 heavy (non-hydrogen) atoms. The second-order valence-corrected chi connectivity index (χ2v) is 7.38. The maximum Gasteiger partial charge on any atom is 0.223 e. The molecule has 2 saturated heterocycles. The minimum Gasteiger partial charge on any atom is -0.341 e. The number of aromatic nitrogens is 2. The van der Waals surface area contributed by atoms with Crippen molar-refractivity contribution >= 4 is 22.4 Å². The Bertz CT molecular complexity index is 500. The molecule has 3 heterocycles. The number of carbonyl (C=O) groups is 1. The first kappa shape index (κ1) is 13.5. The third kappa shape index (κ3) is 2.43. The van der Waals surface area contributed by atoms with E-state index in [-0.39, 0.29) is 0 Å². The van der Waals surface area contributed by atoms with Gasteiger partial charge in [0.2, 0.25) is 11.0 Å². The second-order valence-electron chi connectivity index (χ2n) is 6.57. The monoisotopic (exact) mass is 306 g/mol. The summed E-state index contributed by atoms with van der Waals surface area (Å²) in [5.41, 5.74) is 1.79. The molecule has 2 aliphatic heterocycles. The SMILES string of the molecule is O=C(CC1CCCC1)N1CC[C@@H]2[C@@H]1CCN2c1nncs1. The molecule has 4 rings (SSSR count). The zero-order valence-corrected chi connectivity index (χ0v) is 13.1. The zero-order valence-electron chi connectivity index (χ0n) is 12.3. The van der Waals surface area contributed by atoms with E-state index in [0.29, 0.717) is 23.9 Å². The maximum atomic E-state index is 12.6. The molecule has 0 aromatic carbocycles.